The molecule has 4 nitrogen and oxygen atoms in total. The van der Waals surface area contributed by atoms with Crippen molar-refractivity contribution in [1.29, 1.82) is 0 Å². The van der Waals surface area contributed by atoms with Gasteiger partial charge in [0.1, 0.15) is 4.90 Å². The van der Waals surface area contributed by atoms with Crippen LogP contribution in [-0.4, -0.2) is 14.5 Å². The molecule has 0 amide bonds. The lowest BCUT2D eigenvalue weighted by Gasteiger charge is -2.28. The van der Waals surface area contributed by atoms with E-state index in [9.17, 15) is 8.42 Å². The predicted molar refractivity (Wildman–Crippen MR) is 89.5 cm³/mol. The molecule has 0 aliphatic heterocycles. The molecule has 1 aromatic rings. The molecule has 0 aromatic heterocycles. The lowest BCUT2D eigenvalue weighted by molar-refractivity contribution is 0.297. The number of halogens is 1. The van der Waals surface area contributed by atoms with Gasteiger partial charge in [0.2, 0.25) is 10.0 Å². The van der Waals surface area contributed by atoms with Gasteiger partial charge >= 0.3 is 0 Å². The Kier molecular flexibility index (Phi) is 5.68. The molecular formula is C15H23BrN2O2S. The molecular weight excluding hydrogens is 352 g/mol. The first kappa shape index (κ1) is 16.8. The van der Waals surface area contributed by atoms with Crippen molar-refractivity contribution < 1.29 is 8.42 Å². The number of benzene rings is 1. The lowest BCUT2D eigenvalue weighted by atomic mass is 9.84. The molecule has 1 fully saturated rings. The van der Waals surface area contributed by atoms with E-state index in [0.29, 0.717) is 0 Å². The molecule has 0 saturated heterocycles. The molecule has 0 atom stereocenters. The molecule has 1 aromatic carbocycles. The molecule has 0 unspecified atom stereocenters. The van der Waals surface area contributed by atoms with Crippen molar-refractivity contribution in [3.63, 3.8) is 0 Å². The van der Waals surface area contributed by atoms with Gasteiger partial charge in [0.15, 0.2) is 0 Å². The molecule has 1 saturated carbocycles. The van der Waals surface area contributed by atoms with E-state index in [2.05, 4.69) is 27.6 Å². The van der Waals surface area contributed by atoms with Gasteiger partial charge in [-0.1, -0.05) is 35.7 Å². The van der Waals surface area contributed by atoms with Crippen LogP contribution in [0.15, 0.2) is 27.6 Å². The summed E-state index contributed by atoms with van der Waals surface area (Å²) in [6.07, 6.45) is 6.50. The SMILES string of the molecule is CCCC1CCC(NS(=O)(=O)c2ccc(Br)cc2N)CC1. The number of hydrogen-bond acceptors (Lipinski definition) is 3. The summed E-state index contributed by atoms with van der Waals surface area (Å²) in [7, 11) is -3.53. The number of anilines is 1. The highest BCUT2D eigenvalue weighted by Crippen LogP contribution is 2.29. The van der Waals surface area contributed by atoms with Crippen LogP contribution in [0.5, 0.6) is 0 Å². The third-order valence-corrected chi connectivity index (χ3v) is 6.21. The molecule has 21 heavy (non-hydrogen) atoms. The molecule has 6 heteroatoms. The summed E-state index contributed by atoms with van der Waals surface area (Å²) in [6.45, 7) is 2.20. The minimum atomic E-state index is -3.53. The maximum atomic E-state index is 12.4. The monoisotopic (exact) mass is 374 g/mol. The summed E-state index contributed by atoms with van der Waals surface area (Å²) < 4.78 is 28.5. The van der Waals surface area contributed by atoms with Crippen LogP contribution in [0.3, 0.4) is 0 Å². The summed E-state index contributed by atoms with van der Waals surface area (Å²) in [5.41, 5.74) is 6.10. The van der Waals surface area contributed by atoms with Crippen molar-refractivity contribution in [2.75, 3.05) is 5.73 Å². The fourth-order valence-corrected chi connectivity index (χ4v) is 4.82. The number of nitrogens with two attached hydrogens (primary N) is 1. The standard InChI is InChI=1S/C15H23BrN2O2S/c1-2-3-11-4-7-13(8-5-11)18-21(19,20)15-9-6-12(16)10-14(15)17/h6,9-11,13,18H,2-5,7-8,17H2,1H3. The van der Waals surface area contributed by atoms with Crippen molar-refractivity contribution >= 4 is 31.6 Å². The van der Waals surface area contributed by atoms with E-state index in [4.69, 9.17) is 5.73 Å². The van der Waals surface area contributed by atoms with Gasteiger partial charge in [-0.2, -0.15) is 0 Å². The largest absolute Gasteiger partial charge is 0.398 e. The van der Waals surface area contributed by atoms with E-state index in [1.54, 1.807) is 18.2 Å². The second-order valence-electron chi connectivity index (χ2n) is 5.81. The van der Waals surface area contributed by atoms with Crippen molar-refractivity contribution in [3.8, 4) is 0 Å². The van der Waals surface area contributed by atoms with E-state index in [-0.39, 0.29) is 16.6 Å². The number of rotatable bonds is 5. The molecule has 1 aliphatic rings. The van der Waals surface area contributed by atoms with Gasteiger partial charge in [-0.05, 0) is 49.8 Å². The average molecular weight is 375 g/mol. The van der Waals surface area contributed by atoms with Gasteiger partial charge in [-0.3, -0.25) is 0 Å². The zero-order valence-corrected chi connectivity index (χ0v) is 14.7. The normalized spacial score (nSPS) is 23.1. The minimum Gasteiger partial charge on any atom is -0.398 e. The Bertz CT molecular complexity index is 581. The maximum absolute atomic E-state index is 12.4. The highest BCUT2D eigenvalue weighted by molar-refractivity contribution is 9.10. The fourth-order valence-electron chi connectivity index (χ4n) is 3.02. The molecule has 1 aliphatic carbocycles. The summed E-state index contributed by atoms with van der Waals surface area (Å²) in [6, 6.07) is 4.89. The van der Waals surface area contributed by atoms with Crippen molar-refractivity contribution in [2.24, 2.45) is 5.92 Å². The summed E-state index contributed by atoms with van der Waals surface area (Å²) in [5.74, 6) is 0.758. The fraction of sp³-hybridized carbons (Fsp3) is 0.600. The van der Waals surface area contributed by atoms with Gasteiger partial charge in [-0.25, -0.2) is 13.1 Å². The first-order chi connectivity index (χ1) is 9.92. The molecule has 0 heterocycles. The van der Waals surface area contributed by atoms with Gasteiger partial charge in [0.05, 0.1) is 5.69 Å². The van der Waals surface area contributed by atoms with E-state index in [0.717, 1.165) is 36.1 Å². The Morgan fingerprint density at radius 2 is 1.95 bits per heavy atom. The number of sulfonamides is 1. The zero-order chi connectivity index (χ0) is 15.5. The summed E-state index contributed by atoms with van der Waals surface area (Å²) in [5, 5.41) is 0. The third-order valence-electron chi connectivity index (χ3n) is 4.13. The van der Waals surface area contributed by atoms with Gasteiger partial charge < -0.3 is 5.73 Å². The van der Waals surface area contributed by atoms with Crippen LogP contribution in [0.1, 0.15) is 45.4 Å². The molecule has 0 bridgehead atoms. The van der Waals surface area contributed by atoms with Crippen molar-refractivity contribution in [3.05, 3.63) is 22.7 Å². The second kappa shape index (κ2) is 7.11. The smallest absolute Gasteiger partial charge is 0.242 e. The Labute approximate surface area is 135 Å². The highest BCUT2D eigenvalue weighted by Gasteiger charge is 2.26. The van der Waals surface area contributed by atoms with Gasteiger partial charge in [0, 0.05) is 10.5 Å². The maximum Gasteiger partial charge on any atom is 0.242 e. The van der Waals surface area contributed by atoms with Crippen molar-refractivity contribution in [2.45, 2.75) is 56.4 Å². The van der Waals surface area contributed by atoms with Gasteiger partial charge in [-0.15, -0.1) is 0 Å². The van der Waals surface area contributed by atoms with Crippen LogP contribution in [0.4, 0.5) is 5.69 Å². The topological polar surface area (TPSA) is 72.2 Å². The van der Waals surface area contributed by atoms with E-state index in [1.165, 1.54) is 12.8 Å². The molecule has 0 radical (unpaired) electrons. The second-order valence-corrected chi connectivity index (χ2v) is 8.41. The van der Waals surface area contributed by atoms with Crippen LogP contribution >= 0.6 is 15.9 Å². The van der Waals surface area contributed by atoms with Crippen LogP contribution in [0.25, 0.3) is 0 Å². The summed E-state index contributed by atoms with van der Waals surface area (Å²) >= 11 is 3.29. The first-order valence-corrected chi connectivity index (χ1v) is 9.77. The Hall–Kier alpha value is -0.590. The Morgan fingerprint density at radius 1 is 1.29 bits per heavy atom. The Balaban J connectivity index is 2.02. The molecule has 2 rings (SSSR count). The first-order valence-electron chi connectivity index (χ1n) is 7.49. The molecule has 118 valence electrons. The van der Waals surface area contributed by atoms with Crippen LogP contribution in [-0.2, 0) is 10.0 Å². The van der Waals surface area contributed by atoms with E-state index in [1.807, 2.05) is 0 Å². The zero-order valence-electron chi connectivity index (χ0n) is 12.3. The minimum absolute atomic E-state index is 0.0335. The summed E-state index contributed by atoms with van der Waals surface area (Å²) in [4.78, 5) is 0.168. The van der Waals surface area contributed by atoms with Crippen LogP contribution < -0.4 is 10.5 Å². The number of nitrogen functional groups attached to an aromatic ring is 1. The van der Waals surface area contributed by atoms with E-state index < -0.39 is 10.0 Å². The van der Waals surface area contributed by atoms with E-state index >= 15 is 0 Å². The molecule has 0 spiro atoms. The predicted octanol–water partition coefficient (Wildman–Crippen LogP) is 3.67. The highest BCUT2D eigenvalue weighted by atomic mass is 79.9. The van der Waals surface area contributed by atoms with Crippen LogP contribution in [0.2, 0.25) is 0 Å². The number of nitrogens with one attached hydrogen (secondary N) is 1. The van der Waals surface area contributed by atoms with Gasteiger partial charge in [0.25, 0.3) is 0 Å². The van der Waals surface area contributed by atoms with Crippen molar-refractivity contribution in [1.82, 2.24) is 4.72 Å². The third kappa shape index (κ3) is 4.44. The van der Waals surface area contributed by atoms with Crippen LogP contribution in [0, 0.1) is 5.92 Å². The quantitative estimate of drug-likeness (QED) is 0.772. The average Bonchev–Trinajstić information content (AvgIpc) is 2.40. The Morgan fingerprint density at radius 3 is 2.52 bits per heavy atom. The lowest BCUT2D eigenvalue weighted by Crippen LogP contribution is -2.37. The molecule has 3 N–H and O–H groups in total. The number of hydrogen-bond donors (Lipinski definition) is 2.